The molecule has 0 rings (SSSR count). The summed E-state index contributed by atoms with van der Waals surface area (Å²) in [6, 6.07) is 0. The zero-order chi connectivity index (χ0) is 9.40. The van der Waals surface area contributed by atoms with Crippen LogP contribution in [0.5, 0.6) is 0 Å². The van der Waals surface area contributed by atoms with Gasteiger partial charge in [0.1, 0.15) is 0 Å². The highest BCUT2D eigenvalue weighted by atomic mass is 14.0. The summed E-state index contributed by atoms with van der Waals surface area (Å²) in [6.45, 7) is 10.5. The van der Waals surface area contributed by atoms with Gasteiger partial charge in [-0.25, -0.2) is 0 Å². The van der Waals surface area contributed by atoms with E-state index in [9.17, 15) is 0 Å². The van der Waals surface area contributed by atoms with Crippen LogP contribution in [0.3, 0.4) is 0 Å². The van der Waals surface area contributed by atoms with Gasteiger partial charge in [-0.05, 0) is 32.6 Å². The van der Waals surface area contributed by atoms with Crippen molar-refractivity contribution in [2.24, 2.45) is 0 Å². The van der Waals surface area contributed by atoms with Crippen molar-refractivity contribution in [1.82, 2.24) is 0 Å². The van der Waals surface area contributed by atoms with Gasteiger partial charge in [0.15, 0.2) is 0 Å². The Morgan fingerprint density at radius 2 is 2.00 bits per heavy atom. The van der Waals surface area contributed by atoms with Crippen molar-refractivity contribution < 1.29 is 0 Å². The first kappa shape index (κ1) is 11.5. The van der Waals surface area contributed by atoms with E-state index >= 15 is 0 Å². The monoisotopic (exact) mass is 166 g/mol. The number of hydrogen-bond donors (Lipinski definition) is 0. The van der Waals surface area contributed by atoms with E-state index in [0.717, 1.165) is 6.42 Å². The Labute approximate surface area is 77.4 Å². The fraction of sp³-hybridized carbons (Fsp3) is 0.667. The van der Waals surface area contributed by atoms with Gasteiger partial charge in [-0.3, -0.25) is 0 Å². The molecule has 0 amide bonds. The lowest BCUT2D eigenvalue weighted by molar-refractivity contribution is 0.762. The van der Waals surface area contributed by atoms with Gasteiger partial charge < -0.3 is 0 Å². The molecular formula is C12H22. The second kappa shape index (κ2) is 7.15. The molecule has 0 bridgehead atoms. The van der Waals surface area contributed by atoms with E-state index in [1.54, 1.807) is 11.1 Å². The Hall–Kier alpha value is -0.520. The second-order valence-corrected chi connectivity index (χ2v) is 3.33. The van der Waals surface area contributed by atoms with Crippen LogP contribution >= 0.6 is 0 Å². The number of rotatable bonds is 6. The molecule has 12 heavy (non-hydrogen) atoms. The van der Waals surface area contributed by atoms with Gasteiger partial charge in [0.25, 0.3) is 0 Å². The molecule has 0 saturated carbocycles. The number of unbranched alkanes of at least 4 members (excludes halogenated alkanes) is 1. The van der Waals surface area contributed by atoms with E-state index in [-0.39, 0.29) is 0 Å². The molecule has 0 aliphatic heterocycles. The molecule has 0 unspecified atom stereocenters. The molecule has 0 aliphatic carbocycles. The summed E-state index contributed by atoms with van der Waals surface area (Å²) in [7, 11) is 0. The van der Waals surface area contributed by atoms with Crippen LogP contribution in [0.4, 0.5) is 0 Å². The minimum absolute atomic E-state index is 1.08. The summed E-state index contributed by atoms with van der Waals surface area (Å²) >= 11 is 0. The first-order valence-electron chi connectivity index (χ1n) is 5.04. The van der Waals surface area contributed by atoms with Crippen molar-refractivity contribution in [3.63, 3.8) is 0 Å². The minimum atomic E-state index is 1.08. The summed E-state index contributed by atoms with van der Waals surface area (Å²) in [6.07, 6.45) is 8.16. The largest absolute Gasteiger partial charge is 0.103 e. The molecule has 0 N–H and O–H groups in total. The van der Waals surface area contributed by atoms with Crippen LogP contribution in [0.2, 0.25) is 0 Å². The highest BCUT2D eigenvalue weighted by Crippen LogP contribution is 2.18. The van der Waals surface area contributed by atoms with Crippen molar-refractivity contribution in [3.8, 4) is 0 Å². The van der Waals surface area contributed by atoms with Crippen molar-refractivity contribution in [2.45, 2.75) is 52.9 Å². The van der Waals surface area contributed by atoms with Gasteiger partial charge in [-0.15, -0.1) is 6.58 Å². The van der Waals surface area contributed by atoms with E-state index in [1.807, 2.05) is 6.08 Å². The first-order valence-corrected chi connectivity index (χ1v) is 5.04. The van der Waals surface area contributed by atoms with Crippen LogP contribution in [0.25, 0.3) is 0 Å². The Kier molecular flexibility index (Phi) is 6.84. The smallest absolute Gasteiger partial charge is 0.0139 e. The van der Waals surface area contributed by atoms with Crippen LogP contribution in [0, 0.1) is 0 Å². The van der Waals surface area contributed by atoms with E-state index in [0.29, 0.717) is 0 Å². The topological polar surface area (TPSA) is 0 Å². The average Bonchev–Trinajstić information content (AvgIpc) is 2.11. The molecule has 0 aromatic carbocycles. The van der Waals surface area contributed by atoms with Gasteiger partial charge in [-0.2, -0.15) is 0 Å². The van der Waals surface area contributed by atoms with E-state index < -0.39 is 0 Å². The van der Waals surface area contributed by atoms with Crippen molar-refractivity contribution >= 4 is 0 Å². The van der Waals surface area contributed by atoms with E-state index in [2.05, 4.69) is 27.4 Å². The Bertz CT molecular complexity index is 151. The molecular weight excluding hydrogens is 144 g/mol. The summed E-state index contributed by atoms with van der Waals surface area (Å²) in [5, 5.41) is 0. The molecule has 0 nitrogen and oxygen atoms in total. The molecule has 0 fully saturated rings. The quantitative estimate of drug-likeness (QED) is 0.510. The fourth-order valence-corrected chi connectivity index (χ4v) is 1.30. The Balaban J connectivity index is 4.10. The summed E-state index contributed by atoms with van der Waals surface area (Å²) in [5.41, 5.74) is 3.16. The maximum atomic E-state index is 3.79. The summed E-state index contributed by atoms with van der Waals surface area (Å²) in [4.78, 5) is 0. The van der Waals surface area contributed by atoms with Crippen molar-refractivity contribution in [2.75, 3.05) is 0 Å². The zero-order valence-electron chi connectivity index (χ0n) is 8.82. The predicted molar refractivity (Wildman–Crippen MR) is 57.3 cm³/mol. The third kappa shape index (κ3) is 4.38. The van der Waals surface area contributed by atoms with Gasteiger partial charge >= 0.3 is 0 Å². The Morgan fingerprint density at radius 1 is 1.33 bits per heavy atom. The van der Waals surface area contributed by atoms with Crippen LogP contribution in [0.1, 0.15) is 52.9 Å². The normalized spacial score (nSPS) is 12.6. The first-order chi connectivity index (χ1) is 5.76. The molecule has 70 valence electrons. The number of allylic oxidation sites excluding steroid dienone is 3. The third-order valence-electron chi connectivity index (χ3n) is 2.36. The summed E-state index contributed by atoms with van der Waals surface area (Å²) in [5.74, 6) is 0. The van der Waals surface area contributed by atoms with Gasteiger partial charge in [0, 0.05) is 0 Å². The highest BCUT2D eigenvalue weighted by Gasteiger charge is 1.98. The van der Waals surface area contributed by atoms with E-state index in [4.69, 9.17) is 0 Å². The third-order valence-corrected chi connectivity index (χ3v) is 2.36. The Morgan fingerprint density at radius 3 is 2.42 bits per heavy atom. The highest BCUT2D eigenvalue weighted by molar-refractivity contribution is 5.14. The standard InChI is InChI=1S/C12H22/c1-5-8-10-12(9-6-2)11(4)7-3/h6H,2,5,7-10H2,1,3-4H3/b12-11-. The van der Waals surface area contributed by atoms with Gasteiger partial charge in [-0.1, -0.05) is 37.5 Å². The van der Waals surface area contributed by atoms with Gasteiger partial charge in [0.2, 0.25) is 0 Å². The van der Waals surface area contributed by atoms with Crippen molar-refractivity contribution in [1.29, 1.82) is 0 Å². The van der Waals surface area contributed by atoms with Crippen LogP contribution < -0.4 is 0 Å². The lowest BCUT2D eigenvalue weighted by atomic mass is 9.99. The van der Waals surface area contributed by atoms with Crippen molar-refractivity contribution in [3.05, 3.63) is 23.8 Å². The molecule has 0 spiro atoms. The molecule has 0 atom stereocenters. The lowest BCUT2D eigenvalue weighted by Gasteiger charge is -2.08. The van der Waals surface area contributed by atoms with Gasteiger partial charge in [0.05, 0.1) is 0 Å². The average molecular weight is 166 g/mol. The molecule has 0 aliphatic rings. The molecule has 0 aromatic rings. The minimum Gasteiger partial charge on any atom is -0.103 e. The molecule has 0 heteroatoms. The fourth-order valence-electron chi connectivity index (χ4n) is 1.30. The van der Waals surface area contributed by atoms with Crippen LogP contribution in [-0.2, 0) is 0 Å². The lowest BCUT2D eigenvalue weighted by Crippen LogP contribution is -1.87. The SMILES string of the molecule is C=CC/C(CCCC)=C(\C)CC. The number of hydrogen-bond acceptors (Lipinski definition) is 0. The maximum Gasteiger partial charge on any atom is -0.0139 e. The maximum absolute atomic E-state index is 3.79. The molecule has 0 saturated heterocycles. The summed E-state index contributed by atoms with van der Waals surface area (Å²) < 4.78 is 0. The molecule has 0 aromatic heterocycles. The second-order valence-electron chi connectivity index (χ2n) is 3.33. The predicted octanol–water partition coefficient (Wildman–Crippen LogP) is 4.48. The zero-order valence-corrected chi connectivity index (χ0v) is 8.82. The van der Waals surface area contributed by atoms with E-state index in [1.165, 1.54) is 25.7 Å². The molecule has 0 radical (unpaired) electrons. The molecule has 0 heterocycles. The van der Waals surface area contributed by atoms with Crippen LogP contribution in [-0.4, -0.2) is 0 Å². The van der Waals surface area contributed by atoms with Crippen LogP contribution in [0.15, 0.2) is 23.8 Å².